The molecule has 2 nitrogen and oxygen atoms in total. The number of hydrogen-bond acceptors (Lipinski definition) is 2. The highest BCUT2D eigenvalue weighted by atomic mass is 16.1. The van der Waals surface area contributed by atoms with E-state index in [0.29, 0.717) is 12.5 Å². The minimum absolute atomic E-state index is 0.178. The van der Waals surface area contributed by atoms with Crippen LogP contribution in [-0.4, -0.2) is 12.3 Å². The normalized spacial score (nSPS) is 10.8. The van der Waals surface area contributed by atoms with Crippen molar-refractivity contribution >= 4 is 5.78 Å². The summed E-state index contributed by atoms with van der Waals surface area (Å²) in [5.41, 5.74) is 3.91. The Labute approximate surface area is 98.1 Å². The van der Waals surface area contributed by atoms with Crippen molar-refractivity contribution < 1.29 is 4.79 Å². The maximum atomic E-state index is 10.8. The summed E-state index contributed by atoms with van der Waals surface area (Å²) in [4.78, 5) is 10.8. The summed E-state index contributed by atoms with van der Waals surface area (Å²) in [7, 11) is 0. The lowest BCUT2D eigenvalue weighted by atomic mass is 9.98. The summed E-state index contributed by atoms with van der Waals surface area (Å²) in [5.74, 6) is 0.727. The van der Waals surface area contributed by atoms with E-state index in [2.05, 4.69) is 44.3 Å². The summed E-state index contributed by atoms with van der Waals surface area (Å²) in [6, 6.07) is 6.56. The van der Waals surface area contributed by atoms with Gasteiger partial charge in [0.2, 0.25) is 0 Å². The first-order valence-electron chi connectivity index (χ1n) is 5.80. The minimum Gasteiger partial charge on any atom is -0.306 e. The van der Waals surface area contributed by atoms with Crippen molar-refractivity contribution in [1.82, 2.24) is 5.32 Å². The number of carbonyl (C=O) groups excluding carboxylic acids is 1. The zero-order chi connectivity index (χ0) is 12.1. The molecular weight excluding hydrogens is 198 g/mol. The Morgan fingerprint density at radius 1 is 1.38 bits per heavy atom. The number of carbonyl (C=O) groups is 1. The second kappa shape index (κ2) is 5.80. The molecule has 0 unspecified atom stereocenters. The number of benzene rings is 1. The molecular formula is C14H21NO. The second-order valence-electron chi connectivity index (χ2n) is 4.65. The van der Waals surface area contributed by atoms with Crippen molar-refractivity contribution in [3.63, 3.8) is 0 Å². The quantitative estimate of drug-likeness (QED) is 0.825. The van der Waals surface area contributed by atoms with Crippen LogP contribution in [0.15, 0.2) is 18.2 Å². The average Bonchev–Trinajstić information content (AvgIpc) is 2.20. The molecule has 2 heteroatoms. The van der Waals surface area contributed by atoms with E-state index >= 15 is 0 Å². The van der Waals surface area contributed by atoms with Gasteiger partial charge in [-0.1, -0.05) is 32.0 Å². The van der Waals surface area contributed by atoms with Gasteiger partial charge in [-0.25, -0.2) is 0 Å². The van der Waals surface area contributed by atoms with Gasteiger partial charge in [0.1, 0.15) is 5.78 Å². The largest absolute Gasteiger partial charge is 0.306 e. The Morgan fingerprint density at radius 2 is 2.06 bits per heavy atom. The molecule has 0 heterocycles. The summed E-state index contributed by atoms with van der Waals surface area (Å²) >= 11 is 0. The smallest absolute Gasteiger partial charge is 0.143 e. The number of aryl methyl sites for hydroxylation is 1. The van der Waals surface area contributed by atoms with E-state index < -0.39 is 0 Å². The fourth-order valence-corrected chi connectivity index (χ4v) is 1.61. The predicted octanol–water partition coefficient (Wildman–Crippen LogP) is 2.80. The Hall–Kier alpha value is -1.15. The predicted molar refractivity (Wildman–Crippen MR) is 67.7 cm³/mol. The van der Waals surface area contributed by atoms with Gasteiger partial charge in [-0.2, -0.15) is 0 Å². The molecule has 1 aromatic carbocycles. The van der Waals surface area contributed by atoms with Crippen LogP contribution in [0, 0.1) is 6.92 Å². The molecule has 0 aromatic heterocycles. The van der Waals surface area contributed by atoms with Gasteiger partial charge in [0.05, 0.1) is 6.54 Å². The van der Waals surface area contributed by atoms with Gasteiger partial charge in [-0.05, 0) is 36.5 Å². The molecule has 0 atom stereocenters. The molecule has 0 aliphatic carbocycles. The molecule has 0 spiro atoms. The van der Waals surface area contributed by atoms with Crippen molar-refractivity contribution in [2.24, 2.45) is 0 Å². The lowest BCUT2D eigenvalue weighted by Crippen LogP contribution is -2.20. The van der Waals surface area contributed by atoms with E-state index in [9.17, 15) is 4.79 Å². The second-order valence-corrected chi connectivity index (χ2v) is 4.65. The van der Waals surface area contributed by atoms with Crippen LogP contribution in [0.2, 0.25) is 0 Å². The maximum absolute atomic E-state index is 10.8. The third-order valence-corrected chi connectivity index (χ3v) is 2.73. The van der Waals surface area contributed by atoms with Crippen molar-refractivity contribution in [2.45, 2.75) is 40.2 Å². The first kappa shape index (κ1) is 12.9. The maximum Gasteiger partial charge on any atom is 0.143 e. The molecule has 1 rings (SSSR count). The SMILES string of the molecule is CC(=O)CNCc1cc(C(C)C)ccc1C. The van der Waals surface area contributed by atoms with Gasteiger partial charge in [0, 0.05) is 6.54 Å². The lowest BCUT2D eigenvalue weighted by Gasteiger charge is -2.11. The van der Waals surface area contributed by atoms with Crippen molar-refractivity contribution in [3.05, 3.63) is 34.9 Å². The van der Waals surface area contributed by atoms with Gasteiger partial charge in [-0.15, -0.1) is 0 Å². The molecule has 0 fully saturated rings. The Bertz CT molecular complexity index is 369. The third-order valence-electron chi connectivity index (χ3n) is 2.73. The van der Waals surface area contributed by atoms with E-state index in [4.69, 9.17) is 0 Å². The Balaban J connectivity index is 2.70. The van der Waals surface area contributed by atoms with Crippen LogP contribution in [-0.2, 0) is 11.3 Å². The zero-order valence-electron chi connectivity index (χ0n) is 10.6. The highest BCUT2D eigenvalue weighted by Crippen LogP contribution is 2.18. The van der Waals surface area contributed by atoms with Gasteiger partial charge in [-0.3, -0.25) is 4.79 Å². The van der Waals surface area contributed by atoms with Gasteiger partial charge >= 0.3 is 0 Å². The average molecular weight is 219 g/mol. The summed E-state index contributed by atoms with van der Waals surface area (Å²) in [6.45, 7) is 9.31. The molecule has 0 bridgehead atoms. The fraction of sp³-hybridized carbons (Fsp3) is 0.500. The standard InChI is InChI=1S/C14H21NO/c1-10(2)13-6-5-11(3)14(7-13)9-15-8-12(4)16/h5-7,10,15H,8-9H2,1-4H3. The molecule has 0 saturated carbocycles. The summed E-state index contributed by atoms with van der Waals surface area (Å²) in [5, 5.41) is 3.16. The van der Waals surface area contributed by atoms with Crippen LogP contribution in [0.4, 0.5) is 0 Å². The van der Waals surface area contributed by atoms with Crippen LogP contribution in [0.3, 0.4) is 0 Å². The first-order valence-corrected chi connectivity index (χ1v) is 5.80. The molecule has 0 aliphatic rings. The van der Waals surface area contributed by atoms with Crippen LogP contribution in [0.1, 0.15) is 43.4 Å². The molecule has 1 N–H and O–H groups in total. The molecule has 88 valence electrons. The molecule has 16 heavy (non-hydrogen) atoms. The number of Topliss-reactive ketones (excluding diaryl/α,β-unsaturated/α-hetero) is 1. The van der Waals surface area contributed by atoms with Crippen molar-refractivity contribution in [2.75, 3.05) is 6.54 Å². The van der Waals surface area contributed by atoms with E-state index in [0.717, 1.165) is 6.54 Å². The fourth-order valence-electron chi connectivity index (χ4n) is 1.61. The van der Waals surface area contributed by atoms with Crippen molar-refractivity contribution in [1.29, 1.82) is 0 Å². The van der Waals surface area contributed by atoms with E-state index in [1.165, 1.54) is 16.7 Å². The van der Waals surface area contributed by atoms with E-state index in [-0.39, 0.29) is 5.78 Å². The molecule has 1 aromatic rings. The summed E-state index contributed by atoms with van der Waals surface area (Å²) in [6.07, 6.45) is 0. The van der Waals surface area contributed by atoms with Gasteiger partial charge < -0.3 is 5.32 Å². The number of rotatable bonds is 5. The minimum atomic E-state index is 0.178. The van der Waals surface area contributed by atoms with Crippen LogP contribution >= 0.6 is 0 Å². The highest BCUT2D eigenvalue weighted by Gasteiger charge is 2.03. The lowest BCUT2D eigenvalue weighted by molar-refractivity contribution is -0.116. The Morgan fingerprint density at radius 3 is 2.62 bits per heavy atom. The third kappa shape index (κ3) is 3.78. The molecule has 0 amide bonds. The monoisotopic (exact) mass is 219 g/mol. The van der Waals surface area contributed by atoms with Crippen LogP contribution < -0.4 is 5.32 Å². The topological polar surface area (TPSA) is 29.1 Å². The Kier molecular flexibility index (Phi) is 4.69. The molecule has 0 saturated heterocycles. The molecule has 0 radical (unpaired) electrons. The number of nitrogens with one attached hydrogen (secondary N) is 1. The van der Waals surface area contributed by atoms with Crippen LogP contribution in [0.25, 0.3) is 0 Å². The first-order chi connectivity index (χ1) is 7.50. The highest BCUT2D eigenvalue weighted by molar-refractivity contribution is 5.77. The number of ketones is 1. The summed E-state index contributed by atoms with van der Waals surface area (Å²) < 4.78 is 0. The van der Waals surface area contributed by atoms with Gasteiger partial charge in [0.25, 0.3) is 0 Å². The number of hydrogen-bond donors (Lipinski definition) is 1. The van der Waals surface area contributed by atoms with Crippen molar-refractivity contribution in [3.8, 4) is 0 Å². The van der Waals surface area contributed by atoms with Gasteiger partial charge in [0.15, 0.2) is 0 Å². The zero-order valence-corrected chi connectivity index (χ0v) is 10.6. The molecule has 0 aliphatic heterocycles. The van der Waals surface area contributed by atoms with Crippen LogP contribution in [0.5, 0.6) is 0 Å². The van der Waals surface area contributed by atoms with E-state index in [1.807, 2.05) is 0 Å². The van der Waals surface area contributed by atoms with E-state index in [1.54, 1.807) is 6.92 Å².